The quantitative estimate of drug-likeness (QED) is 0.470. The molecule has 58 valence electrons. The zero-order valence-electron chi connectivity index (χ0n) is 7.02. The minimum Gasteiger partial charge on any atom is -0.143 e. The summed E-state index contributed by atoms with van der Waals surface area (Å²) in [5.74, 6) is 0.593. The summed E-state index contributed by atoms with van der Waals surface area (Å²) in [5.41, 5.74) is 1.39. The third-order valence-corrected chi connectivity index (χ3v) is 2.07. The highest BCUT2D eigenvalue weighted by Crippen LogP contribution is 2.20. The van der Waals surface area contributed by atoms with E-state index in [-0.39, 0.29) is 0 Å². The predicted octanol–water partition coefficient (Wildman–Crippen LogP) is 3.42. The van der Waals surface area contributed by atoms with Crippen LogP contribution in [0.2, 0.25) is 0 Å². The highest BCUT2D eigenvalue weighted by atomic mass is 32.1. The Morgan fingerprint density at radius 1 is 1.60 bits per heavy atom. The van der Waals surface area contributed by atoms with Crippen LogP contribution < -0.4 is 0 Å². The van der Waals surface area contributed by atoms with Gasteiger partial charge in [0.25, 0.3) is 0 Å². The first-order valence-corrected chi connectivity index (χ1v) is 4.12. The molecule has 0 bridgehead atoms. The summed E-state index contributed by atoms with van der Waals surface area (Å²) in [5, 5.41) is 0. The number of hydrogen-bond donors (Lipinski definition) is 1. The molecule has 0 aliphatic heterocycles. The minimum absolute atomic E-state index is 0.593. The first-order valence-electron chi connectivity index (χ1n) is 3.67. The van der Waals surface area contributed by atoms with Crippen molar-refractivity contribution >= 4 is 12.6 Å². The second-order valence-electron chi connectivity index (χ2n) is 2.62. The second-order valence-corrected chi connectivity index (χ2v) is 3.10. The Balaban J connectivity index is 4.45. The predicted molar refractivity (Wildman–Crippen MR) is 51.3 cm³/mol. The van der Waals surface area contributed by atoms with Crippen molar-refractivity contribution in [1.82, 2.24) is 0 Å². The van der Waals surface area contributed by atoms with Gasteiger partial charge in [-0.3, -0.25) is 0 Å². The van der Waals surface area contributed by atoms with Gasteiger partial charge in [-0.1, -0.05) is 39.0 Å². The van der Waals surface area contributed by atoms with Gasteiger partial charge in [0.05, 0.1) is 0 Å². The minimum atomic E-state index is 0.593. The van der Waals surface area contributed by atoms with Crippen LogP contribution in [0.1, 0.15) is 27.2 Å². The fraction of sp³-hybridized carbons (Fsp3) is 0.556. The summed E-state index contributed by atoms with van der Waals surface area (Å²) in [7, 11) is 0. The molecule has 0 aromatic carbocycles. The van der Waals surface area contributed by atoms with E-state index in [1.54, 1.807) is 0 Å². The number of hydrogen-bond acceptors (Lipinski definition) is 1. The lowest BCUT2D eigenvalue weighted by Gasteiger charge is -2.09. The van der Waals surface area contributed by atoms with E-state index in [4.69, 9.17) is 0 Å². The van der Waals surface area contributed by atoms with Crippen molar-refractivity contribution < 1.29 is 0 Å². The summed E-state index contributed by atoms with van der Waals surface area (Å²) in [4.78, 5) is 1.04. The van der Waals surface area contributed by atoms with Gasteiger partial charge in [-0.2, -0.15) is 0 Å². The molecule has 0 aromatic heterocycles. The molecule has 0 heterocycles. The molecule has 10 heavy (non-hydrogen) atoms. The van der Waals surface area contributed by atoms with E-state index in [1.165, 1.54) is 5.57 Å². The molecule has 0 nitrogen and oxygen atoms in total. The van der Waals surface area contributed by atoms with Crippen molar-refractivity contribution in [2.45, 2.75) is 27.2 Å². The van der Waals surface area contributed by atoms with Crippen LogP contribution in [-0.2, 0) is 0 Å². The average Bonchev–Trinajstić information content (AvgIpc) is 1.88. The zero-order valence-corrected chi connectivity index (χ0v) is 7.91. The molecule has 0 N–H and O–H groups in total. The van der Waals surface area contributed by atoms with Gasteiger partial charge in [-0.05, 0) is 12.3 Å². The maximum absolute atomic E-state index is 4.31. The third kappa shape index (κ3) is 2.61. The van der Waals surface area contributed by atoms with Crippen LogP contribution in [0.3, 0.4) is 0 Å². The van der Waals surface area contributed by atoms with Crippen molar-refractivity contribution in [3.05, 3.63) is 23.1 Å². The molecular weight excluding hydrogens is 140 g/mol. The molecule has 0 spiro atoms. The van der Waals surface area contributed by atoms with E-state index in [9.17, 15) is 0 Å². The molecule has 0 aromatic rings. The van der Waals surface area contributed by atoms with Crippen LogP contribution >= 0.6 is 12.6 Å². The molecule has 0 fully saturated rings. The average molecular weight is 156 g/mol. The van der Waals surface area contributed by atoms with Crippen molar-refractivity contribution in [3.8, 4) is 0 Å². The van der Waals surface area contributed by atoms with Gasteiger partial charge < -0.3 is 0 Å². The van der Waals surface area contributed by atoms with Crippen molar-refractivity contribution in [3.63, 3.8) is 0 Å². The van der Waals surface area contributed by atoms with Crippen molar-refractivity contribution in [2.75, 3.05) is 0 Å². The molecule has 0 amide bonds. The SMILES string of the molecule is C=C/C(S)=C(/CC)C(C)C. The Bertz CT molecular complexity index is 143. The molecule has 0 aliphatic carbocycles. The van der Waals surface area contributed by atoms with Crippen molar-refractivity contribution in [2.24, 2.45) is 5.92 Å². The molecule has 0 rings (SSSR count). The monoisotopic (exact) mass is 156 g/mol. The van der Waals surface area contributed by atoms with Crippen LogP contribution in [-0.4, -0.2) is 0 Å². The third-order valence-electron chi connectivity index (χ3n) is 1.60. The molecule has 0 saturated carbocycles. The largest absolute Gasteiger partial charge is 0.143 e. The van der Waals surface area contributed by atoms with Gasteiger partial charge in [0.15, 0.2) is 0 Å². The fourth-order valence-corrected chi connectivity index (χ4v) is 1.43. The van der Waals surface area contributed by atoms with E-state index in [2.05, 4.69) is 40.0 Å². The van der Waals surface area contributed by atoms with Gasteiger partial charge in [0.1, 0.15) is 0 Å². The Labute approximate surface area is 69.4 Å². The molecule has 0 saturated heterocycles. The van der Waals surface area contributed by atoms with Gasteiger partial charge in [-0.25, -0.2) is 0 Å². The highest BCUT2D eigenvalue weighted by molar-refractivity contribution is 7.84. The van der Waals surface area contributed by atoms with E-state index in [0.717, 1.165) is 11.3 Å². The summed E-state index contributed by atoms with van der Waals surface area (Å²) in [6, 6.07) is 0. The first-order chi connectivity index (χ1) is 4.63. The van der Waals surface area contributed by atoms with Gasteiger partial charge in [0, 0.05) is 4.91 Å². The Hall–Kier alpha value is -0.170. The van der Waals surface area contributed by atoms with E-state index < -0.39 is 0 Å². The topological polar surface area (TPSA) is 0 Å². The van der Waals surface area contributed by atoms with Crippen LogP contribution in [0, 0.1) is 5.92 Å². The lowest BCUT2D eigenvalue weighted by atomic mass is 10.0. The van der Waals surface area contributed by atoms with Crippen LogP contribution in [0.5, 0.6) is 0 Å². The lowest BCUT2D eigenvalue weighted by Crippen LogP contribution is -1.93. The number of allylic oxidation sites excluding steroid dienone is 2. The Morgan fingerprint density at radius 2 is 2.10 bits per heavy atom. The normalized spacial score (nSPS) is 13.3. The molecule has 0 unspecified atom stereocenters. The molecular formula is C9H16S. The number of rotatable bonds is 3. The summed E-state index contributed by atoms with van der Waals surface area (Å²) >= 11 is 4.31. The molecule has 0 radical (unpaired) electrons. The molecule has 1 heteroatoms. The fourth-order valence-electron chi connectivity index (χ4n) is 1.02. The summed E-state index contributed by atoms with van der Waals surface area (Å²) in [6.45, 7) is 10.2. The number of thiol groups is 1. The summed E-state index contributed by atoms with van der Waals surface area (Å²) in [6.07, 6.45) is 2.88. The standard InChI is InChI=1S/C9H16S/c1-5-8(7(3)4)9(10)6-2/h6-7,10H,2,5H2,1,3-4H3/b9-8+. The Kier molecular flexibility index (Phi) is 4.54. The van der Waals surface area contributed by atoms with Gasteiger partial charge >= 0.3 is 0 Å². The first kappa shape index (κ1) is 9.83. The van der Waals surface area contributed by atoms with Crippen LogP contribution in [0.25, 0.3) is 0 Å². The van der Waals surface area contributed by atoms with E-state index in [0.29, 0.717) is 5.92 Å². The van der Waals surface area contributed by atoms with Crippen LogP contribution in [0.4, 0.5) is 0 Å². The lowest BCUT2D eigenvalue weighted by molar-refractivity contribution is 0.730. The smallest absolute Gasteiger partial charge is 0.00285 e. The maximum Gasteiger partial charge on any atom is 0.00285 e. The van der Waals surface area contributed by atoms with Crippen molar-refractivity contribution in [1.29, 1.82) is 0 Å². The zero-order chi connectivity index (χ0) is 8.15. The van der Waals surface area contributed by atoms with Gasteiger partial charge in [0.2, 0.25) is 0 Å². The molecule has 0 atom stereocenters. The van der Waals surface area contributed by atoms with E-state index in [1.807, 2.05) is 6.08 Å². The molecule has 0 aliphatic rings. The van der Waals surface area contributed by atoms with Crippen LogP contribution in [0.15, 0.2) is 23.1 Å². The second kappa shape index (κ2) is 4.62. The highest BCUT2D eigenvalue weighted by Gasteiger charge is 2.02. The maximum atomic E-state index is 4.31. The Morgan fingerprint density at radius 3 is 2.20 bits per heavy atom. The van der Waals surface area contributed by atoms with Gasteiger partial charge in [-0.15, -0.1) is 12.6 Å². The van der Waals surface area contributed by atoms with E-state index >= 15 is 0 Å². The summed E-state index contributed by atoms with van der Waals surface area (Å²) < 4.78 is 0.